The molecule has 0 unspecified atom stereocenters. The quantitative estimate of drug-likeness (QED) is 0.718. The van der Waals surface area contributed by atoms with E-state index >= 15 is 0 Å². The zero-order valence-corrected chi connectivity index (χ0v) is 15.0. The van der Waals surface area contributed by atoms with Crippen LogP contribution in [0.4, 0.5) is 11.8 Å². The van der Waals surface area contributed by atoms with Crippen molar-refractivity contribution in [3.63, 3.8) is 0 Å². The third kappa shape index (κ3) is 2.89. The van der Waals surface area contributed by atoms with Gasteiger partial charge in [-0.3, -0.25) is 0 Å². The Morgan fingerprint density at radius 2 is 1.81 bits per heavy atom. The van der Waals surface area contributed by atoms with Crippen molar-refractivity contribution in [3.8, 4) is 0 Å². The van der Waals surface area contributed by atoms with Gasteiger partial charge in [-0.25, -0.2) is 9.97 Å². The molecule has 26 heavy (non-hydrogen) atoms. The summed E-state index contributed by atoms with van der Waals surface area (Å²) in [7, 11) is 0. The van der Waals surface area contributed by atoms with Gasteiger partial charge in [0.2, 0.25) is 0 Å². The number of rotatable bonds is 4. The van der Waals surface area contributed by atoms with Crippen LogP contribution >= 0.6 is 0 Å². The number of fused-ring (bicyclic) bond motifs is 1. The lowest BCUT2D eigenvalue weighted by atomic mass is 10.0. The molecule has 2 fully saturated rings. The monoisotopic (exact) mass is 349 g/mol. The second-order valence-electron chi connectivity index (χ2n) is 7.34. The van der Waals surface area contributed by atoms with Crippen molar-refractivity contribution in [2.24, 2.45) is 0 Å². The molecule has 0 spiro atoms. The van der Waals surface area contributed by atoms with Crippen LogP contribution in [0.5, 0.6) is 0 Å². The lowest BCUT2D eigenvalue weighted by Gasteiger charge is -2.39. The number of nitrogens with zero attached hydrogens (tertiary/aromatic N) is 5. The molecule has 1 aromatic carbocycles. The maximum atomic E-state index is 5.94. The van der Waals surface area contributed by atoms with Crippen molar-refractivity contribution in [2.45, 2.75) is 44.7 Å². The van der Waals surface area contributed by atoms with Gasteiger partial charge in [0.15, 0.2) is 5.58 Å². The van der Waals surface area contributed by atoms with Gasteiger partial charge in [0.1, 0.15) is 17.7 Å². The van der Waals surface area contributed by atoms with E-state index in [0.29, 0.717) is 12.1 Å². The Hall–Kier alpha value is -2.63. The predicted octanol–water partition coefficient (Wildman–Crippen LogP) is 3.56. The van der Waals surface area contributed by atoms with Gasteiger partial charge in [0.05, 0.1) is 0 Å². The molecule has 3 aromatic rings. The highest BCUT2D eigenvalue weighted by Gasteiger charge is 2.37. The summed E-state index contributed by atoms with van der Waals surface area (Å²) < 4.78 is 5.94. The number of piperidine rings is 1. The summed E-state index contributed by atoms with van der Waals surface area (Å²) in [6.45, 7) is 3.96. The average Bonchev–Trinajstić information content (AvgIpc) is 3.39. The van der Waals surface area contributed by atoms with Crippen molar-refractivity contribution >= 4 is 22.9 Å². The van der Waals surface area contributed by atoms with E-state index in [9.17, 15) is 0 Å². The van der Waals surface area contributed by atoms with Gasteiger partial charge in [-0.05, 0) is 44.7 Å². The largest absolute Gasteiger partial charge is 0.423 e. The third-order valence-corrected chi connectivity index (χ3v) is 5.41. The molecule has 1 aliphatic heterocycles. The van der Waals surface area contributed by atoms with Crippen molar-refractivity contribution < 1.29 is 4.42 Å². The van der Waals surface area contributed by atoms with Gasteiger partial charge in [0.25, 0.3) is 6.01 Å². The zero-order valence-electron chi connectivity index (χ0n) is 15.0. The minimum Gasteiger partial charge on any atom is -0.423 e. The van der Waals surface area contributed by atoms with Gasteiger partial charge in [-0.2, -0.15) is 4.98 Å². The molecular weight excluding hydrogens is 326 g/mol. The smallest absolute Gasteiger partial charge is 0.298 e. The van der Waals surface area contributed by atoms with Gasteiger partial charge in [-0.15, -0.1) is 0 Å². The Morgan fingerprint density at radius 1 is 1.04 bits per heavy atom. The lowest BCUT2D eigenvalue weighted by molar-refractivity contribution is 0.437. The zero-order chi connectivity index (χ0) is 17.5. The van der Waals surface area contributed by atoms with E-state index < -0.39 is 0 Å². The van der Waals surface area contributed by atoms with Crippen molar-refractivity contribution in [2.75, 3.05) is 22.9 Å². The summed E-state index contributed by atoms with van der Waals surface area (Å²) >= 11 is 0. The highest BCUT2D eigenvalue weighted by Crippen LogP contribution is 2.36. The Balaban J connectivity index is 1.32. The second-order valence-corrected chi connectivity index (χ2v) is 7.34. The molecule has 0 amide bonds. The highest BCUT2D eigenvalue weighted by atomic mass is 16.4. The third-order valence-electron chi connectivity index (χ3n) is 5.41. The van der Waals surface area contributed by atoms with Crippen LogP contribution in [-0.4, -0.2) is 40.1 Å². The molecule has 0 radical (unpaired) electrons. The van der Waals surface area contributed by atoms with Crippen molar-refractivity contribution in [1.29, 1.82) is 0 Å². The first-order valence-electron chi connectivity index (χ1n) is 9.45. The molecule has 0 N–H and O–H groups in total. The molecule has 2 aromatic heterocycles. The van der Waals surface area contributed by atoms with Crippen LogP contribution in [0.2, 0.25) is 0 Å². The minimum atomic E-state index is 0.525. The maximum absolute atomic E-state index is 5.94. The molecule has 0 atom stereocenters. The lowest BCUT2D eigenvalue weighted by Crippen LogP contribution is -2.46. The summed E-state index contributed by atoms with van der Waals surface area (Å²) in [5.74, 6) is 1.08. The number of hydrogen-bond acceptors (Lipinski definition) is 6. The van der Waals surface area contributed by atoms with Crippen molar-refractivity contribution in [1.82, 2.24) is 15.0 Å². The summed E-state index contributed by atoms with van der Waals surface area (Å²) in [4.78, 5) is 18.3. The number of aryl methyl sites for hydroxylation is 1. The number of benzene rings is 1. The number of oxazole rings is 1. The van der Waals surface area contributed by atoms with E-state index in [2.05, 4.69) is 30.8 Å². The van der Waals surface area contributed by atoms with E-state index in [4.69, 9.17) is 4.42 Å². The Kier molecular flexibility index (Phi) is 3.76. The molecule has 3 heterocycles. The normalized spacial score (nSPS) is 18.4. The van der Waals surface area contributed by atoms with Gasteiger partial charge < -0.3 is 14.2 Å². The Bertz CT molecular complexity index is 878. The van der Waals surface area contributed by atoms with Crippen LogP contribution in [0.1, 0.15) is 31.4 Å². The second kappa shape index (κ2) is 6.27. The van der Waals surface area contributed by atoms with Crippen LogP contribution in [-0.2, 0) is 0 Å². The van der Waals surface area contributed by atoms with E-state index in [-0.39, 0.29) is 0 Å². The molecule has 2 aliphatic rings. The molecule has 134 valence electrons. The fraction of sp³-hybridized carbons (Fsp3) is 0.450. The fourth-order valence-corrected chi connectivity index (χ4v) is 3.94. The molecule has 5 rings (SSSR count). The molecule has 1 aliphatic carbocycles. The van der Waals surface area contributed by atoms with Gasteiger partial charge >= 0.3 is 0 Å². The number of aromatic nitrogens is 3. The first-order chi connectivity index (χ1) is 12.8. The first-order valence-corrected chi connectivity index (χ1v) is 9.45. The predicted molar refractivity (Wildman–Crippen MR) is 102 cm³/mol. The molecule has 6 nitrogen and oxygen atoms in total. The molecule has 1 saturated carbocycles. The van der Waals surface area contributed by atoms with Gasteiger partial charge in [0, 0.05) is 36.9 Å². The average molecular weight is 349 g/mol. The first kappa shape index (κ1) is 15.6. The standard InChI is InChI=1S/C20H23N5O/c1-14-12-19(22-13-21-14)25(15-6-7-15)16-8-10-24(11-9-16)20-23-17-4-2-3-5-18(17)26-20/h2-5,12-13,15-16H,6-11H2,1H3. The molecule has 0 bridgehead atoms. The Morgan fingerprint density at radius 3 is 2.54 bits per heavy atom. The van der Waals surface area contributed by atoms with Crippen LogP contribution in [0.25, 0.3) is 11.1 Å². The summed E-state index contributed by atoms with van der Waals surface area (Å²) in [6, 6.07) is 12.0. The van der Waals surface area contributed by atoms with Crippen LogP contribution < -0.4 is 9.80 Å². The number of anilines is 2. The maximum Gasteiger partial charge on any atom is 0.298 e. The minimum absolute atomic E-state index is 0.525. The molecule has 6 heteroatoms. The summed E-state index contributed by atoms with van der Waals surface area (Å²) in [6.07, 6.45) is 6.42. The number of para-hydroxylation sites is 2. The summed E-state index contributed by atoms with van der Waals surface area (Å²) in [5.41, 5.74) is 2.82. The van der Waals surface area contributed by atoms with Crippen molar-refractivity contribution in [3.05, 3.63) is 42.4 Å². The SMILES string of the molecule is Cc1cc(N(C2CC2)C2CCN(c3nc4ccccc4o3)CC2)ncn1. The van der Waals surface area contributed by atoms with E-state index in [1.165, 1.54) is 12.8 Å². The van der Waals surface area contributed by atoms with E-state index in [1.54, 1.807) is 6.33 Å². The molecule has 1 saturated heterocycles. The van der Waals surface area contributed by atoms with E-state index in [1.807, 2.05) is 31.2 Å². The number of hydrogen-bond donors (Lipinski definition) is 0. The summed E-state index contributed by atoms with van der Waals surface area (Å²) in [5, 5.41) is 0. The van der Waals surface area contributed by atoms with Gasteiger partial charge in [-0.1, -0.05) is 12.1 Å². The van der Waals surface area contributed by atoms with Crippen LogP contribution in [0, 0.1) is 6.92 Å². The van der Waals surface area contributed by atoms with Crippen LogP contribution in [0.15, 0.2) is 41.1 Å². The molecular formula is C20H23N5O. The topological polar surface area (TPSA) is 58.3 Å². The Labute approximate surface area is 152 Å². The van der Waals surface area contributed by atoms with E-state index in [0.717, 1.165) is 54.6 Å². The van der Waals surface area contributed by atoms with Crippen LogP contribution in [0.3, 0.4) is 0 Å². The fourth-order valence-electron chi connectivity index (χ4n) is 3.94. The highest BCUT2D eigenvalue weighted by molar-refractivity contribution is 5.74.